The lowest BCUT2D eigenvalue weighted by molar-refractivity contribution is 0.453. The Balaban J connectivity index is 1.71. The average Bonchev–Trinajstić information content (AvgIpc) is 2.90. The maximum Gasteiger partial charge on any atom is 0.197 e. The summed E-state index contributed by atoms with van der Waals surface area (Å²) in [6, 6.07) is 17.8. The summed E-state index contributed by atoms with van der Waals surface area (Å²) in [7, 11) is 0. The predicted molar refractivity (Wildman–Crippen MR) is 143 cm³/mol. The summed E-state index contributed by atoms with van der Waals surface area (Å²) in [6.07, 6.45) is 0. The van der Waals surface area contributed by atoms with Gasteiger partial charge in [0.25, 0.3) is 0 Å². The van der Waals surface area contributed by atoms with Gasteiger partial charge in [-0.2, -0.15) is 0 Å². The molecular formula is C30H18O9. The number of hydrogen-bond donors (Lipinski definition) is 5. The van der Waals surface area contributed by atoms with Gasteiger partial charge < -0.3 is 34.4 Å². The minimum atomic E-state index is -0.604. The van der Waals surface area contributed by atoms with E-state index in [1.807, 2.05) is 0 Å². The molecule has 5 N–H and O–H groups in total. The number of benzene rings is 4. The van der Waals surface area contributed by atoms with E-state index < -0.39 is 22.4 Å². The van der Waals surface area contributed by atoms with E-state index in [2.05, 4.69) is 0 Å². The van der Waals surface area contributed by atoms with Crippen LogP contribution in [0.3, 0.4) is 0 Å². The molecule has 0 fully saturated rings. The molecule has 0 radical (unpaired) electrons. The van der Waals surface area contributed by atoms with Crippen molar-refractivity contribution in [2.24, 2.45) is 0 Å². The van der Waals surface area contributed by atoms with Crippen LogP contribution in [0, 0.1) is 0 Å². The van der Waals surface area contributed by atoms with Crippen molar-refractivity contribution in [2.45, 2.75) is 0 Å². The molecule has 0 atom stereocenters. The first-order chi connectivity index (χ1) is 18.7. The van der Waals surface area contributed by atoms with Crippen LogP contribution in [-0.2, 0) is 0 Å². The lowest BCUT2D eigenvalue weighted by atomic mass is 9.97. The largest absolute Gasteiger partial charge is 0.508 e. The second-order valence-electron chi connectivity index (χ2n) is 8.87. The molecule has 6 rings (SSSR count). The van der Waals surface area contributed by atoms with E-state index in [0.717, 1.165) is 6.07 Å². The van der Waals surface area contributed by atoms with Crippen molar-refractivity contribution in [3.05, 3.63) is 99.3 Å². The van der Waals surface area contributed by atoms with Gasteiger partial charge in [0.1, 0.15) is 56.6 Å². The number of phenolic OH excluding ortho intramolecular Hbond substituents is 5. The van der Waals surface area contributed by atoms with E-state index >= 15 is 0 Å². The fourth-order valence-corrected chi connectivity index (χ4v) is 4.54. The molecule has 0 bridgehead atoms. The van der Waals surface area contributed by atoms with Crippen molar-refractivity contribution in [2.75, 3.05) is 0 Å². The van der Waals surface area contributed by atoms with E-state index in [4.69, 9.17) is 8.83 Å². The molecule has 9 heteroatoms. The van der Waals surface area contributed by atoms with Crippen molar-refractivity contribution < 1.29 is 34.4 Å². The quantitative estimate of drug-likeness (QED) is 0.204. The molecule has 0 amide bonds. The molecule has 0 aliphatic carbocycles. The molecule has 0 saturated heterocycles. The molecule has 0 saturated carbocycles. The Hall–Kier alpha value is -5.70. The van der Waals surface area contributed by atoms with Crippen LogP contribution >= 0.6 is 0 Å². The Morgan fingerprint density at radius 1 is 0.487 bits per heavy atom. The fourth-order valence-electron chi connectivity index (χ4n) is 4.54. The highest BCUT2D eigenvalue weighted by Crippen LogP contribution is 2.45. The molecule has 192 valence electrons. The fraction of sp³-hybridized carbons (Fsp3) is 0. The highest BCUT2D eigenvalue weighted by atomic mass is 16.3. The molecule has 0 aliphatic heterocycles. The second kappa shape index (κ2) is 8.70. The zero-order valence-corrected chi connectivity index (χ0v) is 19.9. The zero-order chi connectivity index (χ0) is 27.4. The monoisotopic (exact) mass is 522 g/mol. The van der Waals surface area contributed by atoms with Crippen LogP contribution in [0.2, 0.25) is 0 Å². The first-order valence-electron chi connectivity index (χ1n) is 11.6. The van der Waals surface area contributed by atoms with Gasteiger partial charge in [-0.25, -0.2) is 0 Å². The Bertz CT molecular complexity index is 2030. The van der Waals surface area contributed by atoms with E-state index in [1.54, 1.807) is 0 Å². The van der Waals surface area contributed by atoms with E-state index in [0.29, 0.717) is 11.1 Å². The first-order valence-corrected chi connectivity index (χ1v) is 11.6. The summed E-state index contributed by atoms with van der Waals surface area (Å²) in [6.45, 7) is 0. The number of hydrogen-bond acceptors (Lipinski definition) is 9. The highest BCUT2D eigenvalue weighted by molar-refractivity contribution is 6.06. The average molecular weight is 522 g/mol. The normalized spacial score (nSPS) is 11.3. The Morgan fingerprint density at radius 2 is 0.974 bits per heavy atom. The van der Waals surface area contributed by atoms with Gasteiger partial charge in [0.2, 0.25) is 0 Å². The van der Waals surface area contributed by atoms with Crippen LogP contribution in [0.1, 0.15) is 0 Å². The van der Waals surface area contributed by atoms with Gasteiger partial charge in [-0.3, -0.25) is 9.59 Å². The number of rotatable bonds is 3. The third-order valence-electron chi connectivity index (χ3n) is 6.39. The third kappa shape index (κ3) is 3.89. The Kier molecular flexibility index (Phi) is 5.28. The molecule has 9 nitrogen and oxygen atoms in total. The van der Waals surface area contributed by atoms with Gasteiger partial charge in [-0.05, 0) is 60.7 Å². The molecule has 2 heterocycles. The van der Waals surface area contributed by atoms with Crippen LogP contribution in [0.15, 0.2) is 97.3 Å². The maximum absolute atomic E-state index is 13.1. The van der Waals surface area contributed by atoms with Gasteiger partial charge >= 0.3 is 0 Å². The number of phenols is 5. The molecule has 6 aromatic rings. The van der Waals surface area contributed by atoms with Crippen molar-refractivity contribution in [1.29, 1.82) is 0 Å². The van der Waals surface area contributed by atoms with Gasteiger partial charge in [-0.15, -0.1) is 0 Å². The molecule has 0 aliphatic rings. The summed E-state index contributed by atoms with van der Waals surface area (Å²) in [5.74, 6) is -1.13. The number of fused-ring (bicyclic) bond motifs is 2. The molecule has 2 aromatic heterocycles. The molecular weight excluding hydrogens is 504 g/mol. The van der Waals surface area contributed by atoms with Gasteiger partial charge in [0.15, 0.2) is 16.4 Å². The lowest BCUT2D eigenvalue weighted by Crippen LogP contribution is -2.04. The molecule has 4 aromatic carbocycles. The SMILES string of the molecule is O=c1cc(-c2ccc(O)cc2)oc2c(-c3c(O)cc(O)c4c(=O)cc(-c5ccc(O)cc5)oc34)ccc(O)c12. The van der Waals surface area contributed by atoms with Crippen molar-refractivity contribution in [3.8, 4) is 62.5 Å². The summed E-state index contributed by atoms with van der Waals surface area (Å²) >= 11 is 0. The van der Waals surface area contributed by atoms with Crippen LogP contribution in [0.4, 0.5) is 0 Å². The van der Waals surface area contributed by atoms with E-state index in [9.17, 15) is 35.1 Å². The Labute approximate surface area is 218 Å². The Morgan fingerprint density at radius 3 is 1.51 bits per heavy atom. The second-order valence-corrected chi connectivity index (χ2v) is 8.87. The van der Waals surface area contributed by atoms with Gasteiger partial charge in [0, 0.05) is 34.9 Å². The summed E-state index contributed by atoms with van der Waals surface area (Å²) in [5.41, 5.74) is -0.525. The van der Waals surface area contributed by atoms with Crippen molar-refractivity contribution in [3.63, 3.8) is 0 Å². The third-order valence-corrected chi connectivity index (χ3v) is 6.39. The zero-order valence-electron chi connectivity index (χ0n) is 19.9. The van der Waals surface area contributed by atoms with Crippen LogP contribution < -0.4 is 10.9 Å². The van der Waals surface area contributed by atoms with Crippen LogP contribution in [-0.4, -0.2) is 25.5 Å². The van der Waals surface area contributed by atoms with Gasteiger partial charge in [0.05, 0.1) is 5.56 Å². The predicted octanol–water partition coefficient (Wildman–Crippen LogP) is 5.43. The first kappa shape index (κ1) is 23.7. The molecule has 39 heavy (non-hydrogen) atoms. The molecule has 0 spiro atoms. The minimum absolute atomic E-state index is 0.00730. The lowest BCUT2D eigenvalue weighted by Gasteiger charge is -2.14. The smallest absolute Gasteiger partial charge is 0.197 e. The summed E-state index contributed by atoms with van der Waals surface area (Å²) in [5, 5.41) is 50.9. The van der Waals surface area contributed by atoms with E-state index in [1.165, 1.54) is 72.8 Å². The van der Waals surface area contributed by atoms with Crippen molar-refractivity contribution in [1.82, 2.24) is 0 Å². The minimum Gasteiger partial charge on any atom is -0.508 e. The summed E-state index contributed by atoms with van der Waals surface area (Å²) < 4.78 is 12.1. The maximum atomic E-state index is 13.1. The van der Waals surface area contributed by atoms with Crippen molar-refractivity contribution >= 4 is 21.9 Å². The van der Waals surface area contributed by atoms with Gasteiger partial charge in [-0.1, -0.05) is 0 Å². The van der Waals surface area contributed by atoms with E-state index in [-0.39, 0.29) is 61.8 Å². The van der Waals surface area contributed by atoms with Crippen LogP contribution in [0.25, 0.3) is 55.7 Å². The van der Waals surface area contributed by atoms with Crippen LogP contribution in [0.5, 0.6) is 28.7 Å². The molecule has 0 unspecified atom stereocenters. The topological polar surface area (TPSA) is 162 Å². The number of aromatic hydroxyl groups is 5. The summed E-state index contributed by atoms with van der Waals surface area (Å²) in [4.78, 5) is 26.2. The standard InChI is InChI=1S/C30H18O9/c31-16-5-1-14(2-6-16)24-12-22(36)27-19(33)10-9-18(29(27)38-24)26-20(34)11-21(35)28-23(37)13-25(39-30(26)28)15-3-7-17(32)8-4-15/h1-13,31-35H. The highest BCUT2D eigenvalue weighted by Gasteiger charge is 2.24.